The van der Waals surface area contributed by atoms with Crippen molar-refractivity contribution in [1.29, 1.82) is 0 Å². The van der Waals surface area contributed by atoms with E-state index in [-0.39, 0.29) is 18.8 Å². The fourth-order valence-electron chi connectivity index (χ4n) is 3.85. The number of H-pyrrole nitrogens is 1. The molecule has 1 aliphatic rings. The van der Waals surface area contributed by atoms with Gasteiger partial charge in [-0.05, 0) is 25.2 Å². The van der Waals surface area contributed by atoms with Crippen molar-refractivity contribution < 1.29 is 34.2 Å². The molecule has 0 aromatic carbocycles. The normalized spacial score (nSPS) is 18.2. The maximum atomic E-state index is 13.0. The summed E-state index contributed by atoms with van der Waals surface area (Å²) in [6.45, 7) is 3.98. The highest BCUT2D eigenvalue weighted by Gasteiger charge is 2.38. The average Bonchev–Trinajstić information content (AvgIpc) is 3.43. The number of carbonyl (C=O) groups is 5. The number of aromatic nitrogens is 2. The fourth-order valence-corrected chi connectivity index (χ4v) is 3.85. The molecule has 1 aromatic heterocycles. The maximum Gasteiger partial charge on any atom is 0.326 e. The molecule has 3 amide bonds. The standard InChI is InChI=1S/C21H32N6O7/c1-11(2)6-14(18(30)26-15(21(33)34)8-17(28)29)25-19(31)16-4-3-5-27(16)20(32)13(22)7-12-9-23-10-24-12/h9-11,13-16H,3-8,22H2,1-2H3,(H,23,24)(H,25,31)(H,26,30)(H,28,29)(H,33,34). The number of aliphatic carboxylic acids is 2. The minimum atomic E-state index is -1.64. The third-order valence-corrected chi connectivity index (χ3v) is 5.48. The summed E-state index contributed by atoms with van der Waals surface area (Å²) in [5.74, 6) is -4.67. The van der Waals surface area contributed by atoms with Gasteiger partial charge in [0.05, 0.1) is 18.8 Å². The topological polar surface area (TPSA) is 208 Å². The minimum Gasteiger partial charge on any atom is -0.481 e. The molecule has 1 aliphatic heterocycles. The molecule has 1 aromatic rings. The molecule has 4 unspecified atom stereocenters. The molecule has 0 spiro atoms. The van der Waals surface area contributed by atoms with Crippen molar-refractivity contribution in [1.82, 2.24) is 25.5 Å². The zero-order chi connectivity index (χ0) is 25.4. The van der Waals surface area contributed by atoms with E-state index >= 15 is 0 Å². The number of nitrogens with zero attached hydrogens (tertiary/aromatic N) is 2. The molecule has 0 aliphatic carbocycles. The highest BCUT2D eigenvalue weighted by molar-refractivity contribution is 5.95. The van der Waals surface area contributed by atoms with Crippen LogP contribution in [0, 0.1) is 5.92 Å². The number of likely N-dealkylation sites (tertiary alicyclic amines) is 1. The number of nitrogens with two attached hydrogens (primary N) is 1. The van der Waals surface area contributed by atoms with E-state index in [1.165, 1.54) is 11.2 Å². The van der Waals surface area contributed by atoms with Gasteiger partial charge in [0, 0.05) is 24.9 Å². The van der Waals surface area contributed by atoms with E-state index in [0.29, 0.717) is 25.1 Å². The maximum absolute atomic E-state index is 13.0. The Morgan fingerprint density at radius 3 is 2.47 bits per heavy atom. The predicted octanol–water partition coefficient (Wildman–Crippen LogP) is -1.15. The monoisotopic (exact) mass is 480 g/mol. The van der Waals surface area contributed by atoms with Gasteiger partial charge in [0.15, 0.2) is 0 Å². The van der Waals surface area contributed by atoms with Crippen LogP contribution in [0.5, 0.6) is 0 Å². The molecular weight excluding hydrogens is 448 g/mol. The molecule has 13 nitrogen and oxygen atoms in total. The highest BCUT2D eigenvalue weighted by atomic mass is 16.4. The number of carboxylic acid groups (broad SMARTS) is 2. The summed E-state index contributed by atoms with van der Waals surface area (Å²) < 4.78 is 0. The van der Waals surface area contributed by atoms with Gasteiger partial charge in [0.25, 0.3) is 0 Å². The van der Waals surface area contributed by atoms with Gasteiger partial charge in [-0.25, -0.2) is 9.78 Å². The Labute approximate surface area is 196 Å². The zero-order valence-corrected chi connectivity index (χ0v) is 19.2. The number of hydrogen-bond donors (Lipinski definition) is 6. The molecule has 0 saturated carbocycles. The quantitative estimate of drug-likeness (QED) is 0.213. The lowest BCUT2D eigenvalue weighted by atomic mass is 10.0. The van der Waals surface area contributed by atoms with Crippen LogP contribution >= 0.6 is 0 Å². The number of hydrogen-bond acceptors (Lipinski definition) is 7. The third kappa shape index (κ3) is 7.54. The second-order valence-electron chi connectivity index (χ2n) is 8.77. The van der Waals surface area contributed by atoms with Crippen LogP contribution in [0.3, 0.4) is 0 Å². The van der Waals surface area contributed by atoms with E-state index in [1.807, 2.05) is 13.8 Å². The van der Waals surface area contributed by atoms with Crippen molar-refractivity contribution in [3.05, 3.63) is 18.2 Å². The Morgan fingerprint density at radius 2 is 1.91 bits per heavy atom. The summed E-state index contributed by atoms with van der Waals surface area (Å²) in [5, 5.41) is 22.9. The van der Waals surface area contributed by atoms with E-state index < -0.39 is 60.2 Å². The van der Waals surface area contributed by atoms with E-state index in [4.69, 9.17) is 10.8 Å². The second kappa shape index (κ2) is 12.1. The number of amides is 3. The van der Waals surface area contributed by atoms with Gasteiger partial charge in [0.1, 0.15) is 18.1 Å². The van der Waals surface area contributed by atoms with E-state index in [2.05, 4.69) is 20.6 Å². The second-order valence-corrected chi connectivity index (χ2v) is 8.77. The highest BCUT2D eigenvalue weighted by Crippen LogP contribution is 2.20. The Morgan fingerprint density at radius 1 is 1.21 bits per heavy atom. The summed E-state index contributed by atoms with van der Waals surface area (Å²) in [6, 6.07) is -4.44. The van der Waals surface area contributed by atoms with Gasteiger partial charge in [-0.3, -0.25) is 19.2 Å². The average molecular weight is 481 g/mol. The number of carboxylic acids is 2. The molecule has 13 heteroatoms. The summed E-state index contributed by atoms with van der Waals surface area (Å²) in [4.78, 5) is 69.1. The number of aromatic amines is 1. The zero-order valence-electron chi connectivity index (χ0n) is 19.2. The fraction of sp³-hybridized carbons (Fsp3) is 0.619. The summed E-state index contributed by atoms with van der Waals surface area (Å²) in [7, 11) is 0. The first-order chi connectivity index (χ1) is 16.0. The van der Waals surface area contributed by atoms with Crippen molar-refractivity contribution in [2.45, 2.75) is 70.1 Å². The predicted molar refractivity (Wildman–Crippen MR) is 118 cm³/mol. The van der Waals surface area contributed by atoms with E-state index in [1.54, 1.807) is 6.20 Å². The molecule has 2 heterocycles. The van der Waals surface area contributed by atoms with Crippen LogP contribution < -0.4 is 16.4 Å². The lowest BCUT2D eigenvalue weighted by Gasteiger charge is -2.29. The Bertz CT molecular complexity index is 888. The van der Waals surface area contributed by atoms with Crippen molar-refractivity contribution in [3.63, 3.8) is 0 Å². The Balaban J connectivity index is 2.07. The molecule has 0 radical (unpaired) electrons. The van der Waals surface area contributed by atoms with Crippen molar-refractivity contribution in [2.24, 2.45) is 11.7 Å². The summed E-state index contributed by atoms with van der Waals surface area (Å²) in [6.07, 6.45) is 3.62. The number of rotatable bonds is 12. The van der Waals surface area contributed by atoms with Gasteiger partial charge >= 0.3 is 11.9 Å². The van der Waals surface area contributed by atoms with Crippen LogP contribution in [0.15, 0.2) is 12.5 Å². The van der Waals surface area contributed by atoms with Crippen LogP contribution in [0.25, 0.3) is 0 Å². The lowest BCUT2D eigenvalue weighted by Crippen LogP contribution is -2.57. The minimum absolute atomic E-state index is 0.0389. The third-order valence-electron chi connectivity index (χ3n) is 5.48. The Kier molecular flexibility index (Phi) is 9.54. The van der Waals surface area contributed by atoms with Crippen LogP contribution in [-0.2, 0) is 30.4 Å². The molecule has 34 heavy (non-hydrogen) atoms. The van der Waals surface area contributed by atoms with Gasteiger partial charge in [-0.1, -0.05) is 13.8 Å². The van der Waals surface area contributed by atoms with Crippen LogP contribution in [0.2, 0.25) is 0 Å². The molecule has 188 valence electrons. The van der Waals surface area contributed by atoms with Gasteiger partial charge in [0.2, 0.25) is 17.7 Å². The lowest BCUT2D eigenvalue weighted by molar-refractivity contribution is -0.147. The molecule has 4 atom stereocenters. The molecule has 1 saturated heterocycles. The number of carbonyl (C=O) groups excluding carboxylic acids is 3. The van der Waals surface area contributed by atoms with Crippen LogP contribution in [0.4, 0.5) is 0 Å². The van der Waals surface area contributed by atoms with Crippen molar-refractivity contribution >= 4 is 29.7 Å². The number of nitrogens with one attached hydrogen (secondary N) is 3. The molecule has 1 fully saturated rings. The van der Waals surface area contributed by atoms with Crippen LogP contribution in [-0.4, -0.2) is 85.5 Å². The smallest absolute Gasteiger partial charge is 0.326 e. The molecule has 7 N–H and O–H groups in total. The SMILES string of the molecule is CC(C)CC(NC(=O)C1CCCN1C(=O)C(N)Cc1cnc[nH]1)C(=O)NC(CC(=O)O)C(=O)O. The van der Waals surface area contributed by atoms with Crippen molar-refractivity contribution in [3.8, 4) is 0 Å². The first-order valence-corrected chi connectivity index (χ1v) is 11.1. The summed E-state index contributed by atoms with van der Waals surface area (Å²) in [5.41, 5.74) is 6.73. The van der Waals surface area contributed by atoms with E-state index in [0.717, 1.165) is 0 Å². The molecular formula is C21H32N6O7. The summed E-state index contributed by atoms with van der Waals surface area (Å²) >= 11 is 0. The van der Waals surface area contributed by atoms with Gasteiger partial charge in [-0.15, -0.1) is 0 Å². The first kappa shape index (κ1) is 26.8. The molecule has 0 bridgehead atoms. The number of imidazole rings is 1. The first-order valence-electron chi connectivity index (χ1n) is 11.1. The molecule has 2 rings (SSSR count). The van der Waals surface area contributed by atoms with Gasteiger partial charge < -0.3 is 36.5 Å². The Hall–Kier alpha value is -3.48. The largest absolute Gasteiger partial charge is 0.481 e. The van der Waals surface area contributed by atoms with E-state index in [9.17, 15) is 29.1 Å². The van der Waals surface area contributed by atoms with Crippen LogP contribution in [0.1, 0.15) is 45.2 Å². The van der Waals surface area contributed by atoms with Gasteiger partial charge in [-0.2, -0.15) is 0 Å². The van der Waals surface area contributed by atoms with Crippen molar-refractivity contribution in [2.75, 3.05) is 6.54 Å².